The predicted octanol–water partition coefficient (Wildman–Crippen LogP) is 3.93. The molecule has 0 aliphatic heterocycles. The quantitative estimate of drug-likeness (QED) is 0.526. The molecule has 0 fully saturated rings. The zero-order valence-corrected chi connectivity index (χ0v) is 14.3. The van der Waals surface area contributed by atoms with E-state index in [1.807, 2.05) is 0 Å². The lowest BCUT2D eigenvalue weighted by atomic mass is 10.2. The Bertz CT molecular complexity index is 310. The Kier molecular flexibility index (Phi) is 7.60. The maximum Gasteiger partial charge on any atom is 0.327 e. The highest BCUT2D eigenvalue weighted by atomic mass is 31.2. The van der Waals surface area contributed by atoms with Crippen LogP contribution in [0.25, 0.3) is 0 Å². The van der Waals surface area contributed by atoms with Crippen LogP contribution in [0, 0.1) is 17.2 Å². The van der Waals surface area contributed by atoms with Gasteiger partial charge in [-0.15, -0.1) is 0 Å². The van der Waals surface area contributed by atoms with Crippen molar-refractivity contribution in [3.8, 4) is 6.07 Å². The van der Waals surface area contributed by atoms with Crippen LogP contribution in [0.2, 0.25) is 0 Å². The largest absolute Gasteiger partial charge is 0.465 e. The maximum atomic E-state index is 11.9. The molecule has 0 heterocycles. The van der Waals surface area contributed by atoms with Crippen molar-refractivity contribution in [2.75, 3.05) is 12.8 Å². The topological polar surface area (TPSA) is 50.1 Å². The molecule has 1 unspecified atom stereocenters. The lowest BCUT2D eigenvalue weighted by Crippen LogP contribution is -2.32. The second-order valence-electron chi connectivity index (χ2n) is 5.89. The standard InChI is InChI=1S/C15H29NO2P/c1-8-18-15(17)14(9-16)10-19(11(2)3,12(4)5)13(6)7/h11-14H,8,10H2,1-7H3/q+1. The van der Waals surface area contributed by atoms with Gasteiger partial charge in [-0.2, -0.15) is 5.26 Å². The molecule has 0 N–H and O–H groups in total. The summed E-state index contributed by atoms with van der Waals surface area (Å²) in [5.41, 5.74) is 1.58. The molecule has 0 saturated heterocycles. The van der Waals surface area contributed by atoms with Gasteiger partial charge in [0.05, 0.1) is 35.8 Å². The second kappa shape index (κ2) is 7.85. The third-order valence-corrected chi connectivity index (χ3v) is 10.9. The van der Waals surface area contributed by atoms with Crippen molar-refractivity contribution in [2.24, 2.45) is 5.92 Å². The Labute approximate surface area is 119 Å². The van der Waals surface area contributed by atoms with Gasteiger partial charge in [-0.1, -0.05) is 0 Å². The summed E-state index contributed by atoms with van der Waals surface area (Å²) in [6, 6.07) is 2.16. The minimum Gasteiger partial charge on any atom is -0.465 e. The highest BCUT2D eigenvalue weighted by Gasteiger charge is 2.50. The molecule has 0 aromatic rings. The van der Waals surface area contributed by atoms with Gasteiger partial charge in [0.25, 0.3) is 0 Å². The average molecular weight is 286 g/mol. The highest BCUT2D eigenvalue weighted by molar-refractivity contribution is 7.77. The summed E-state index contributed by atoms with van der Waals surface area (Å²) in [7, 11) is -1.39. The fourth-order valence-corrected chi connectivity index (χ4v) is 8.85. The van der Waals surface area contributed by atoms with Crippen LogP contribution < -0.4 is 0 Å². The van der Waals surface area contributed by atoms with Gasteiger partial charge in [0.2, 0.25) is 0 Å². The van der Waals surface area contributed by atoms with Gasteiger partial charge >= 0.3 is 5.97 Å². The number of ether oxygens (including phenoxy) is 1. The molecule has 0 aromatic carbocycles. The van der Waals surface area contributed by atoms with Crippen LogP contribution >= 0.6 is 7.26 Å². The molecule has 0 amide bonds. The third-order valence-electron chi connectivity index (χ3n) is 4.11. The normalized spacial score (nSPS) is 13.7. The van der Waals surface area contributed by atoms with Gasteiger partial charge in [0, 0.05) is 7.26 Å². The first kappa shape index (κ1) is 18.4. The Morgan fingerprint density at radius 1 is 1.11 bits per heavy atom. The Morgan fingerprint density at radius 3 is 1.79 bits per heavy atom. The molecule has 0 spiro atoms. The van der Waals surface area contributed by atoms with Crippen molar-refractivity contribution >= 4 is 13.2 Å². The molecule has 0 aromatic heterocycles. The number of carbonyl (C=O) groups excluding carboxylic acids is 1. The summed E-state index contributed by atoms with van der Waals surface area (Å²) >= 11 is 0. The number of nitrogens with zero attached hydrogens (tertiary/aromatic N) is 1. The first-order valence-corrected chi connectivity index (χ1v) is 9.35. The summed E-state index contributed by atoms with van der Waals surface area (Å²) in [6.45, 7) is 15.5. The van der Waals surface area contributed by atoms with E-state index < -0.39 is 13.2 Å². The van der Waals surface area contributed by atoms with Crippen molar-refractivity contribution < 1.29 is 9.53 Å². The molecule has 0 rings (SSSR count). The number of nitriles is 1. The molecule has 3 nitrogen and oxygen atoms in total. The Hall–Kier alpha value is -0.610. The smallest absolute Gasteiger partial charge is 0.327 e. The van der Waals surface area contributed by atoms with Crippen LogP contribution in [0.1, 0.15) is 48.5 Å². The summed E-state index contributed by atoms with van der Waals surface area (Å²) in [5.74, 6) is -0.961. The fourth-order valence-electron chi connectivity index (χ4n) is 3.15. The molecule has 0 aliphatic rings. The monoisotopic (exact) mass is 286 g/mol. The van der Waals surface area contributed by atoms with Gasteiger partial charge < -0.3 is 4.74 Å². The van der Waals surface area contributed by atoms with E-state index in [1.54, 1.807) is 6.92 Å². The number of rotatable bonds is 7. The minimum absolute atomic E-state index is 0.341. The minimum atomic E-state index is -1.39. The summed E-state index contributed by atoms with van der Waals surface area (Å²) in [5, 5.41) is 9.30. The van der Waals surface area contributed by atoms with Gasteiger partial charge in [-0.25, -0.2) is 0 Å². The number of hydrogen-bond acceptors (Lipinski definition) is 3. The van der Waals surface area contributed by atoms with Crippen molar-refractivity contribution in [2.45, 2.75) is 65.4 Å². The van der Waals surface area contributed by atoms with Gasteiger partial charge in [-0.3, -0.25) is 4.79 Å². The van der Waals surface area contributed by atoms with Crippen molar-refractivity contribution in [3.05, 3.63) is 0 Å². The van der Waals surface area contributed by atoms with Crippen LogP contribution in [0.4, 0.5) is 0 Å². The molecule has 110 valence electrons. The second-order valence-corrected chi connectivity index (χ2v) is 11.3. The zero-order chi connectivity index (χ0) is 15.2. The van der Waals surface area contributed by atoms with E-state index in [4.69, 9.17) is 4.74 Å². The number of hydrogen-bond donors (Lipinski definition) is 0. The highest BCUT2D eigenvalue weighted by Crippen LogP contribution is 2.70. The van der Waals surface area contributed by atoms with Crippen molar-refractivity contribution in [1.82, 2.24) is 0 Å². The lowest BCUT2D eigenvalue weighted by Gasteiger charge is -2.39. The SMILES string of the molecule is CCOC(=O)C(C#N)C[P+](C(C)C)(C(C)C)C(C)C. The van der Waals surface area contributed by atoms with Crippen molar-refractivity contribution in [3.63, 3.8) is 0 Å². The first-order valence-electron chi connectivity index (χ1n) is 7.17. The summed E-state index contributed by atoms with van der Waals surface area (Å²) in [4.78, 5) is 11.9. The summed E-state index contributed by atoms with van der Waals surface area (Å²) in [6.07, 6.45) is 0.690. The molecule has 1 atom stereocenters. The number of carbonyl (C=O) groups is 1. The van der Waals surface area contributed by atoms with E-state index in [1.165, 1.54) is 0 Å². The number of esters is 1. The van der Waals surface area contributed by atoms with E-state index in [0.29, 0.717) is 29.7 Å². The van der Waals surface area contributed by atoms with Crippen LogP contribution in [-0.2, 0) is 9.53 Å². The lowest BCUT2D eigenvalue weighted by molar-refractivity contribution is -0.145. The van der Waals surface area contributed by atoms with Crippen LogP contribution in [0.5, 0.6) is 0 Å². The molecule has 0 aliphatic carbocycles. The summed E-state index contributed by atoms with van der Waals surface area (Å²) < 4.78 is 5.04. The molecular formula is C15H29NO2P+. The van der Waals surface area contributed by atoms with E-state index in [0.717, 1.165) is 0 Å². The maximum absolute atomic E-state index is 11.9. The van der Waals surface area contributed by atoms with E-state index in [-0.39, 0.29) is 5.97 Å². The average Bonchev–Trinajstić information content (AvgIpc) is 2.29. The predicted molar refractivity (Wildman–Crippen MR) is 82.9 cm³/mol. The van der Waals surface area contributed by atoms with Crippen LogP contribution in [-0.4, -0.2) is 35.7 Å². The molecule has 0 radical (unpaired) electrons. The Morgan fingerprint density at radius 2 is 1.53 bits per heavy atom. The van der Waals surface area contributed by atoms with Gasteiger partial charge in [0.15, 0.2) is 5.92 Å². The molecule has 4 heteroatoms. The third kappa shape index (κ3) is 4.18. The van der Waals surface area contributed by atoms with E-state index >= 15 is 0 Å². The van der Waals surface area contributed by atoms with Gasteiger partial charge in [-0.05, 0) is 48.5 Å². The van der Waals surface area contributed by atoms with Crippen molar-refractivity contribution in [1.29, 1.82) is 5.26 Å². The first-order chi connectivity index (χ1) is 8.73. The molecule has 0 saturated carbocycles. The van der Waals surface area contributed by atoms with E-state index in [9.17, 15) is 10.1 Å². The van der Waals surface area contributed by atoms with Crippen LogP contribution in [0.3, 0.4) is 0 Å². The van der Waals surface area contributed by atoms with Gasteiger partial charge in [0.1, 0.15) is 0 Å². The Balaban J connectivity index is 5.31. The van der Waals surface area contributed by atoms with E-state index in [2.05, 4.69) is 47.6 Å². The fraction of sp³-hybridized carbons (Fsp3) is 0.867. The molecule has 0 bridgehead atoms. The van der Waals surface area contributed by atoms with Crippen LogP contribution in [0.15, 0.2) is 0 Å². The molecule has 19 heavy (non-hydrogen) atoms. The molecular weight excluding hydrogens is 257 g/mol. The zero-order valence-electron chi connectivity index (χ0n) is 13.4.